The van der Waals surface area contributed by atoms with E-state index < -0.39 is 0 Å². The lowest BCUT2D eigenvalue weighted by Gasteiger charge is -2.23. The van der Waals surface area contributed by atoms with E-state index in [1.807, 2.05) is 6.20 Å². The van der Waals surface area contributed by atoms with Crippen LogP contribution in [0.3, 0.4) is 0 Å². The summed E-state index contributed by atoms with van der Waals surface area (Å²) >= 11 is 0. The van der Waals surface area contributed by atoms with Crippen molar-refractivity contribution < 1.29 is 4.74 Å². The molecule has 0 spiro atoms. The monoisotopic (exact) mass is 395 g/mol. The van der Waals surface area contributed by atoms with Crippen LogP contribution in [0.1, 0.15) is 62.8 Å². The number of nitrogens with zero attached hydrogens (tertiary/aromatic N) is 4. The second-order valence-electron chi connectivity index (χ2n) is 9.30. The Bertz CT molecular complexity index is 857. The summed E-state index contributed by atoms with van der Waals surface area (Å²) in [4.78, 5) is 16.6. The highest BCUT2D eigenvalue weighted by Crippen LogP contribution is 2.40. The first kappa shape index (κ1) is 20.2. The van der Waals surface area contributed by atoms with E-state index in [4.69, 9.17) is 14.7 Å². The summed E-state index contributed by atoms with van der Waals surface area (Å²) < 4.78 is 5.78. The maximum Gasteiger partial charge on any atom is 0.180 e. The van der Waals surface area contributed by atoms with Crippen molar-refractivity contribution in [3.8, 4) is 11.5 Å². The highest BCUT2D eigenvalue weighted by atomic mass is 16.5. The molecule has 0 aliphatic heterocycles. The predicted molar refractivity (Wildman–Crippen MR) is 116 cm³/mol. The van der Waals surface area contributed by atoms with Gasteiger partial charge in [-0.05, 0) is 76.5 Å². The smallest absolute Gasteiger partial charge is 0.180 e. The average molecular weight is 396 g/mol. The van der Waals surface area contributed by atoms with Gasteiger partial charge in [-0.2, -0.15) is 0 Å². The van der Waals surface area contributed by atoms with Gasteiger partial charge in [0.1, 0.15) is 11.5 Å². The number of hydrogen-bond acceptors (Lipinski definition) is 6. The summed E-state index contributed by atoms with van der Waals surface area (Å²) in [6, 6.07) is 4.31. The minimum atomic E-state index is 0.0658. The van der Waals surface area contributed by atoms with Crippen LogP contribution < -0.4 is 10.2 Å². The van der Waals surface area contributed by atoms with Crippen LogP contribution in [0.4, 0.5) is 5.82 Å². The number of rotatable bonds is 8. The third kappa shape index (κ3) is 5.11. The molecular formula is C23H33N5O. The molecule has 0 bridgehead atoms. The average Bonchev–Trinajstić information content (AvgIpc) is 3.43. The second-order valence-corrected chi connectivity index (χ2v) is 9.30. The number of hydrogen-bond donors (Lipinski definition) is 1. The minimum absolute atomic E-state index is 0.0658. The van der Waals surface area contributed by atoms with E-state index in [2.05, 4.69) is 55.2 Å². The zero-order chi connectivity index (χ0) is 20.4. The molecule has 2 heterocycles. The Morgan fingerprint density at radius 1 is 1.21 bits per heavy atom. The third-order valence-electron chi connectivity index (χ3n) is 5.61. The molecule has 0 radical (unpaired) electrons. The van der Waals surface area contributed by atoms with Crippen molar-refractivity contribution in [2.24, 2.45) is 0 Å². The zero-order valence-electron chi connectivity index (χ0n) is 18.2. The topological polar surface area (TPSA) is 63.2 Å². The molecule has 0 unspecified atom stereocenters. The van der Waals surface area contributed by atoms with Crippen LogP contribution in [0.2, 0.25) is 0 Å². The number of aryl methyl sites for hydroxylation is 1. The van der Waals surface area contributed by atoms with Gasteiger partial charge >= 0.3 is 0 Å². The maximum absolute atomic E-state index is 5.78. The molecule has 2 aromatic heterocycles. The standard InChI is InChI=1S/C23H33N5O/c1-23(2,3)25-15-29-13-12-28(4)22-18-6-5-7-19(18)26-21(27-22)20-14-17(10-11-24-20)16-8-9-16/h10-11,14,16,25H,5-9,12-13,15H2,1-4H3. The Morgan fingerprint density at radius 2 is 2.03 bits per heavy atom. The van der Waals surface area contributed by atoms with E-state index in [-0.39, 0.29) is 5.54 Å². The van der Waals surface area contributed by atoms with Gasteiger partial charge in [-0.15, -0.1) is 0 Å². The van der Waals surface area contributed by atoms with Gasteiger partial charge in [0.2, 0.25) is 0 Å². The van der Waals surface area contributed by atoms with Gasteiger partial charge in [-0.25, -0.2) is 9.97 Å². The molecule has 0 amide bonds. The molecule has 2 aromatic rings. The molecule has 1 fully saturated rings. The van der Waals surface area contributed by atoms with Crippen LogP contribution in [-0.2, 0) is 17.6 Å². The maximum atomic E-state index is 5.78. The molecule has 0 saturated heterocycles. The number of anilines is 1. The summed E-state index contributed by atoms with van der Waals surface area (Å²) in [6.45, 7) is 8.43. The van der Waals surface area contributed by atoms with E-state index in [0.717, 1.165) is 43.1 Å². The molecule has 1 saturated carbocycles. The van der Waals surface area contributed by atoms with Crippen LogP contribution in [0.5, 0.6) is 0 Å². The molecule has 2 aliphatic rings. The van der Waals surface area contributed by atoms with Gasteiger partial charge in [-0.3, -0.25) is 10.3 Å². The summed E-state index contributed by atoms with van der Waals surface area (Å²) in [5.41, 5.74) is 4.81. The summed E-state index contributed by atoms with van der Waals surface area (Å²) in [6.07, 6.45) is 7.70. The number of aromatic nitrogens is 3. The summed E-state index contributed by atoms with van der Waals surface area (Å²) in [7, 11) is 2.10. The van der Waals surface area contributed by atoms with E-state index in [9.17, 15) is 0 Å². The first-order chi connectivity index (χ1) is 13.9. The highest BCUT2D eigenvalue weighted by Gasteiger charge is 2.25. The SMILES string of the molecule is CN(CCOCNC(C)(C)C)c1nc(-c2cc(C3CC3)ccn2)nc2c1CCC2. The van der Waals surface area contributed by atoms with Crippen LogP contribution in [0.15, 0.2) is 18.3 Å². The normalized spacial score (nSPS) is 16.1. The first-order valence-electron chi connectivity index (χ1n) is 10.8. The number of nitrogens with one attached hydrogen (secondary N) is 1. The molecule has 4 rings (SSSR count). The number of fused-ring (bicyclic) bond motifs is 1. The van der Waals surface area contributed by atoms with E-state index in [1.165, 1.54) is 29.7 Å². The largest absolute Gasteiger partial charge is 0.364 e. The molecule has 1 N–H and O–H groups in total. The minimum Gasteiger partial charge on any atom is -0.364 e. The molecule has 6 nitrogen and oxygen atoms in total. The lowest BCUT2D eigenvalue weighted by molar-refractivity contribution is 0.104. The van der Waals surface area contributed by atoms with Crippen molar-refractivity contribution in [3.05, 3.63) is 35.2 Å². The van der Waals surface area contributed by atoms with E-state index in [1.54, 1.807) is 0 Å². The van der Waals surface area contributed by atoms with Gasteiger partial charge in [0, 0.05) is 36.6 Å². The Balaban J connectivity index is 1.48. The lowest BCUT2D eigenvalue weighted by atomic mass is 10.1. The van der Waals surface area contributed by atoms with Gasteiger partial charge in [0.05, 0.1) is 13.3 Å². The fourth-order valence-electron chi connectivity index (χ4n) is 3.73. The number of ether oxygens (including phenoxy) is 1. The first-order valence-corrected chi connectivity index (χ1v) is 10.8. The molecule has 156 valence electrons. The zero-order valence-corrected chi connectivity index (χ0v) is 18.2. The Kier molecular flexibility index (Phi) is 5.83. The lowest BCUT2D eigenvalue weighted by Crippen LogP contribution is -2.38. The predicted octanol–water partition coefficient (Wildman–Crippen LogP) is 3.70. The fraction of sp³-hybridized carbons (Fsp3) is 0.609. The Hall–Kier alpha value is -2.05. The molecule has 0 atom stereocenters. The molecular weight excluding hydrogens is 362 g/mol. The molecule has 2 aliphatic carbocycles. The Labute approximate surface area is 174 Å². The molecule has 6 heteroatoms. The van der Waals surface area contributed by atoms with Crippen molar-refractivity contribution in [1.29, 1.82) is 0 Å². The number of pyridine rings is 1. The van der Waals surface area contributed by atoms with Gasteiger partial charge in [0.15, 0.2) is 5.82 Å². The third-order valence-corrected chi connectivity index (χ3v) is 5.61. The number of likely N-dealkylation sites (N-methyl/N-ethyl adjacent to an activating group) is 1. The fourth-order valence-corrected chi connectivity index (χ4v) is 3.73. The van der Waals surface area contributed by atoms with Crippen molar-refractivity contribution in [3.63, 3.8) is 0 Å². The van der Waals surface area contributed by atoms with E-state index in [0.29, 0.717) is 19.3 Å². The van der Waals surface area contributed by atoms with Crippen molar-refractivity contribution in [2.45, 2.75) is 64.3 Å². The van der Waals surface area contributed by atoms with Crippen LogP contribution in [-0.4, -0.2) is 47.4 Å². The molecule has 29 heavy (non-hydrogen) atoms. The highest BCUT2D eigenvalue weighted by molar-refractivity contribution is 5.59. The van der Waals surface area contributed by atoms with Gasteiger partial charge in [-0.1, -0.05) is 0 Å². The van der Waals surface area contributed by atoms with Gasteiger partial charge in [0.25, 0.3) is 0 Å². The van der Waals surface area contributed by atoms with Crippen LogP contribution >= 0.6 is 0 Å². The van der Waals surface area contributed by atoms with Crippen LogP contribution in [0, 0.1) is 0 Å². The summed E-state index contributed by atoms with van der Waals surface area (Å²) in [5.74, 6) is 2.49. The quantitative estimate of drug-likeness (QED) is 0.543. The van der Waals surface area contributed by atoms with Crippen molar-refractivity contribution >= 4 is 5.82 Å². The van der Waals surface area contributed by atoms with E-state index >= 15 is 0 Å². The Morgan fingerprint density at radius 3 is 2.79 bits per heavy atom. The van der Waals surface area contributed by atoms with Crippen LogP contribution in [0.25, 0.3) is 11.5 Å². The second kappa shape index (κ2) is 8.36. The molecule has 0 aromatic carbocycles. The van der Waals surface area contributed by atoms with Crippen molar-refractivity contribution in [2.75, 3.05) is 31.8 Å². The van der Waals surface area contributed by atoms with Crippen molar-refractivity contribution in [1.82, 2.24) is 20.3 Å². The summed E-state index contributed by atoms with van der Waals surface area (Å²) in [5, 5.41) is 3.35. The van der Waals surface area contributed by atoms with Gasteiger partial charge < -0.3 is 9.64 Å².